The fraction of sp³-hybridized carbons (Fsp3) is 0.261. The van der Waals surface area contributed by atoms with Crippen molar-refractivity contribution in [3.05, 3.63) is 78.2 Å². The summed E-state index contributed by atoms with van der Waals surface area (Å²) in [6, 6.07) is 14.2. The number of nitrogens with zero attached hydrogens (tertiary/aromatic N) is 4. The predicted molar refractivity (Wildman–Crippen MR) is 109 cm³/mol. The van der Waals surface area contributed by atoms with Crippen molar-refractivity contribution in [1.29, 1.82) is 0 Å². The highest BCUT2D eigenvalue weighted by atomic mass is 19.1. The van der Waals surface area contributed by atoms with Crippen LogP contribution in [0.3, 0.4) is 0 Å². The number of carbonyl (C=O) groups excluding carboxylic acids is 1. The molecule has 0 radical (unpaired) electrons. The van der Waals surface area contributed by atoms with Crippen LogP contribution in [-0.2, 0) is 6.42 Å². The summed E-state index contributed by atoms with van der Waals surface area (Å²) in [5.41, 5.74) is 2.02. The summed E-state index contributed by atoms with van der Waals surface area (Å²) >= 11 is 0. The molecule has 1 amide bonds. The lowest BCUT2D eigenvalue weighted by molar-refractivity contribution is 0.0668. The molecule has 0 saturated carbocycles. The summed E-state index contributed by atoms with van der Waals surface area (Å²) in [6.07, 6.45) is 6.30. The molecule has 0 bridgehead atoms. The maximum atomic E-state index is 14.0. The molecule has 30 heavy (non-hydrogen) atoms. The first-order valence-corrected chi connectivity index (χ1v) is 10.1. The average molecular weight is 404 g/mol. The Kier molecular flexibility index (Phi) is 4.78. The smallest absolute Gasteiger partial charge is 0.255 e. The summed E-state index contributed by atoms with van der Waals surface area (Å²) in [7, 11) is 0. The molecular formula is C23H21FN4O2. The number of hydrogen-bond acceptors (Lipinski definition) is 4. The van der Waals surface area contributed by atoms with Crippen molar-refractivity contribution in [3.8, 4) is 11.4 Å². The Balaban J connectivity index is 1.28. The van der Waals surface area contributed by atoms with E-state index in [1.54, 1.807) is 18.2 Å². The summed E-state index contributed by atoms with van der Waals surface area (Å²) in [5, 5.41) is 3.93. The summed E-state index contributed by atoms with van der Waals surface area (Å²) in [6.45, 7) is 1.38. The number of aromatic nitrogens is 3. The first-order valence-electron chi connectivity index (χ1n) is 10.1. The van der Waals surface area contributed by atoms with Gasteiger partial charge in [-0.1, -0.05) is 23.4 Å². The Morgan fingerprint density at radius 1 is 1.20 bits per heavy atom. The lowest BCUT2D eigenvalue weighted by Gasteiger charge is -2.32. The Morgan fingerprint density at radius 2 is 2.07 bits per heavy atom. The van der Waals surface area contributed by atoms with Gasteiger partial charge in [0.15, 0.2) is 0 Å². The van der Waals surface area contributed by atoms with E-state index in [4.69, 9.17) is 4.52 Å². The molecule has 0 N–H and O–H groups in total. The second-order valence-corrected chi connectivity index (χ2v) is 7.72. The van der Waals surface area contributed by atoms with Crippen LogP contribution in [0.15, 0.2) is 65.4 Å². The van der Waals surface area contributed by atoms with Crippen LogP contribution < -0.4 is 0 Å². The van der Waals surface area contributed by atoms with Gasteiger partial charge in [-0.05, 0) is 49.1 Å². The van der Waals surface area contributed by atoms with Crippen LogP contribution >= 0.6 is 0 Å². The molecule has 1 aliphatic heterocycles. The van der Waals surface area contributed by atoms with Crippen molar-refractivity contribution >= 4 is 11.4 Å². The third-order valence-electron chi connectivity index (χ3n) is 5.60. The Hall–Kier alpha value is -3.48. The zero-order chi connectivity index (χ0) is 20.5. The standard InChI is InChI=1S/C23H21FN4O2/c24-20-9-2-1-8-19(20)22-25-21(30-26-22)12-16-6-5-11-28(14-16)23(29)17-13-18-7-3-4-10-27(18)15-17/h1-4,7-10,13,15-16H,5-6,11-12,14H2/t16-/m0/s1. The van der Waals surface area contributed by atoms with Gasteiger partial charge in [0.05, 0.1) is 11.1 Å². The van der Waals surface area contributed by atoms with E-state index >= 15 is 0 Å². The zero-order valence-corrected chi connectivity index (χ0v) is 16.4. The van der Waals surface area contributed by atoms with Gasteiger partial charge in [-0.2, -0.15) is 4.98 Å². The van der Waals surface area contributed by atoms with E-state index in [1.807, 2.05) is 46.0 Å². The van der Waals surface area contributed by atoms with Crippen LogP contribution in [-0.4, -0.2) is 38.4 Å². The van der Waals surface area contributed by atoms with Crippen LogP contribution in [0.4, 0.5) is 4.39 Å². The number of fused-ring (bicyclic) bond motifs is 1. The second kappa shape index (κ2) is 7.74. The molecule has 1 aliphatic rings. The second-order valence-electron chi connectivity index (χ2n) is 7.72. The van der Waals surface area contributed by atoms with E-state index in [-0.39, 0.29) is 23.5 Å². The fourth-order valence-corrected chi connectivity index (χ4v) is 4.11. The number of amides is 1. The number of carbonyl (C=O) groups is 1. The molecule has 3 aromatic heterocycles. The van der Waals surface area contributed by atoms with Crippen molar-refractivity contribution < 1.29 is 13.7 Å². The van der Waals surface area contributed by atoms with Gasteiger partial charge in [0, 0.05) is 37.4 Å². The number of hydrogen-bond donors (Lipinski definition) is 0. The van der Waals surface area contributed by atoms with Crippen LogP contribution in [0.1, 0.15) is 29.1 Å². The lowest BCUT2D eigenvalue weighted by atomic mass is 9.94. The van der Waals surface area contributed by atoms with Crippen molar-refractivity contribution in [2.45, 2.75) is 19.3 Å². The molecule has 1 aromatic carbocycles. The number of halogens is 1. The first kappa shape index (κ1) is 18.5. The minimum atomic E-state index is -0.376. The van der Waals surface area contributed by atoms with Gasteiger partial charge < -0.3 is 13.8 Å². The SMILES string of the molecule is O=C(c1cc2ccccn2c1)N1CCC[C@@H](Cc2nc(-c3ccccc3F)no2)C1. The van der Waals surface area contributed by atoms with E-state index < -0.39 is 0 Å². The van der Waals surface area contributed by atoms with Gasteiger partial charge in [0.25, 0.3) is 5.91 Å². The quantitative estimate of drug-likeness (QED) is 0.511. The maximum Gasteiger partial charge on any atom is 0.255 e. The molecule has 152 valence electrons. The topological polar surface area (TPSA) is 63.6 Å². The van der Waals surface area contributed by atoms with Gasteiger partial charge >= 0.3 is 0 Å². The minimum absolute atomic E-state index is 0.0426. The normalized spacial score (nSPS) is 16.8. The van der Waals surface area contributed by atoms with Crippen LogP contribution in [0.2, 0.25) is 0 Å². The van der Waals surface area contributed by atoms with Crippen LogP contribution in [0.25, 0.3) is 16.9 Å². The third-order valence-corrected chi connectivity index (χ3v) is 5.60. The van der Waals surface area contributed by atoms with Crippen LogP contribution in [0, 0.1) is 11.7 Å². The van der Waals surface area contributed by atoms with Gasteiger partial charge in [-0.15, -0.1) is 0 Å². The number of likely N-dealkylation sites (tertiary alicyclic amines) is 1. The molecule has 1 saturated heterocycles. The van der Waals surface area contributed by atoms with Gasteiger partial charge in [0.1, 0.15) is 5.82 Å². The van der Waals surface area contributed by atoms with Gasteiger partial charge in [0.2, 0.25) is 11.7 Å². The number of benzene rings is 1. The van der Waals surface area contributed by atoms with Crippen LogP contribution in [0.5, 0.6) is 0 Å². The molecule has 4 aromatic rings. The molecule has 1 atom stereocenters. The predicted octanol–water partition coefficient (Wildman–Crippen LogP) is 4.22. The minimum Gasteiger partial charge on any atom is -0.339 e. The molecule has 6 nitrogen and oxygen atoms in total. The average Bonchev–Trinajstić information content (AvgIpc) is 3.41. The molecule has 0 spiro atoms. The van der Waals surface area contributed by atoms with Crippen molar-refractivity contribution in [1.82, 2.24) is 19.4 Å². The van der Waals surface area contributed by atoms with E-state index in [2.05, 4.69) is 10.1 Å². The number of pyridine rings is 1. The third kappa shape index (κ3) is 3.58. The Labute approximate surface area is 172 Å². The van der Waals surface area contributed by atoms with E-state index in [9.17, 15) is 9.18 Å². The highest BCUT2D eigenvalue weighted by Gasteiger charge is 2.27. The lowest BCUT2D eigenvalue weighted by Crippen LogP contribution is -2.40. The molecule has 7 heteroatoms. The number of rotatable bonds is 4. The van der Waals surface area contributed by atoms with Crippen molar-refractivity contribution in [2.75, 3.05) is 13.1 Å². The number of piperidine rings is 1. The monoisotopic (exact) mass is 404 g/mol. The fourth-order valence-electron chi connectivity index (χ4n) is 4.11. The molecule has 0 unspecified atom stereocenters. The summed E-state index contributed by atoms with van der Waals surface area (Å²) < 4.78 is 21.3. The van der Waals surface area contributed by atoms with Gasteiger partial charge in [-0.3, -0.25) is 4.79 Å². The van der Waals surface area contributed by atoms with E-state index in [0.29, 0.717) is 30.0 Å². The largest absolute Gasteiger partial charge is 0.339 e. The molecule has 4 heterocycles. The zero-order valence-electron chi connectivity index (χ0n) is 16.4. The Morgan fingerprint density at radius 3 is 2.93 bits per heavy atom. The highest BCUT2D eigenvalue weighted by Crippen LogP contribution is 2.24. The maximum absolute atomic E-state index is 14.0. The highest BCUT2D eigenvalue weighted by molar-refractivity contribution is 5.95. The first-order chi connectivity index (χ1) is 14.7. The van der Waals surface area contributed by atoms with E-state index in [1.165, 1.54) is 6.07 Å². The van der Waals surface area contributed by atoms with Crippen molar-refractivity contribution in [3.63, 3.8) is 0 Å². The molecule has 1 fully saturated rings. The van der Waals surface area contributed by atoms with Gasteiger partial charge in [-0.25, -0.2) is 4.39 Å². The molecule has 0 aliphatic carbocycles. The summed E-state index contributed by atoms with van der Waals surface area (Å²) in [4.78, 5) is 19.3. The van der Waals surface area contributed by atoms with Crippen molar-refractivity contribution in [2.24, 2.45) is 5.92 Å². The molecular weight excluding hydrogens is 383 g/mol. The Bertz CT molecular complexity index is 1170. The molecule has 5 rings (SSSR count). The van der Waals surface area contributed by atoms with E-state index in [0.717, 1.165) is 24.9 Å². The summed E-state index contributed by atoms with van der Waals surface area (Å²) in [5.74, 6) is 0.628.